The number of hydrogen-bond donors (Lipinski definition) is 2. The van der Waals surface area contributed by atoms with Gasteiger partial charge >= 0.3 is 0 Å². The highest BCUT2D eigenvalue weighted by atomic mass is 19.1. The first-order chi connectivity index (χ1) is 22.0. The number of benzene rings is 1. The molecule has 3 fully saturated rings. The molecule has 1 unspecified atom stereocenters. The van der Waals surface area contributed by atoms with E-state index in [9.17, 15) is 9.90 Å². The van der Waals surface area contributed by atoms with Crippen LogP contribution in [0.15, 0.2) is 36.5 Å². The van der Waals surface area contributed by atoms with Crippen LogP contribution in [0.25, 0.3) is 27.8 Å². The predicted molar refractivity (Wildman–Crippen MR) is 177 cm³/mol. The van der Waals surface area contributed by atoms with Gasteiger partial charge in [-0.05, 0) is 107 Å². The number of likely N-dealkylation sites (tertiary alicyclic amines) is 2. The first kappa shape index (κ1) is 31.3. The van der Waals surface area contributed by atoms with Gasteiger partial charge in [-0.15, -0.1) is 0 Å². The van der Waals surface area contributed by atoms with E-state index in [1.54, 1.807) is 19.2 Å². The molecule has 9 nitrogen and oxygen atoms in total. The average molecular weight is 631 g/mol. The molecule has 3 aromatic heterocycles. The van der Waals surface area contributed by atoms with E-state index in [-0.39, 0.29) is 23.7 Å². The number of aliphatic hydroxyl groups is 1. The van der Waals surface area contributed by atoms with Gasteiger partial charge in [-0.25, -0.2) is 8.91 Å². The number of amides is 1. The summed E-state index contributed by atoms with van der Waals surface area (Å²) in [6, 6.07) is 9.36. The minimum atomic E-state index is -0.706. The number of aliphatic hydroxyl groups excluding tert-OH is 1. The van der Waals surface area contributed by atoms with Crippen LogP contribution in [0.1, 0.15) is 79.8 Å². The van der Waals surface area contributed by atoms with E-state index in [4.69, 9.17) is 15.6 Å². The molecule has 2 aliphatic heterocycles. The van der Waals surface area contributed by atoms with E-state index in [1.165, 1.54) is 12.8 Å². The molecular formula is C36H47FN6O3. The number of halogens is 1. The summed E-state index contributed by atoms with van der Waals surface area (Å²) in [6.45, 7) is 9.46. The van der Waals surface area contributed by atoms with Gasteiger partial charge in [-0.3, -0.25) is 9.69 Å². The number of aromatic nitrogens is 3. The van der Waals surface area contributed by atoms with E-state index in [0.717, 1.165) is 77.7 Å². The minimum Gasteiger partial charge on any atom is -0.375 e. The van der Waals surface area contributed by atoms with Crippen molar-refractivity contribution in [1.29, 1.82) is 0 Å². The Morgan fingerprint density at radius 2 is 1.89 bits per heavy atom. The number of carbonyl (C=O) groups is 1. The molecule has 7 rings (SSSR count). The van der Waals surface area contributed by atoms with E-state index >= 15 is 4.39 Å². The molecule has 2 atom stereocenters. The van der Waals surface area contributed by atoms with Crippen molar-refractivity contribution in [3.63, 3.8) is 0 Å². The van der Waals surface area contributed by atoms with Gasteiger partial charge in [0.15, 0.2) is 0 Å². The van der Waals surface area contributed by atoms with Crippen molar-refractivity contribution < 1.29 is 19.0 Å². The minimum absolute atomic E-state index is 0.0148. The summed E-state index contributed by atoms with van der Waals surface area (Å²) < 4.78 is 25.0. The molecule has 4 aromatic rings. The zero-order valence-corrected chi connectivity index (χ0v) is 27.5. The number of nitrogens with zero attached hydrogens (tertiary/aromatic N) is 5. The Labute approximate surface area is 270 Å². The number of aryl methyl sites for hydroxylation is 1. The molecular weight excluding hydrogens is 583 g/mol. The van der Waals surface area contributed by atoms with Crippen LogP contribution in [0.4, 0.5) is 4.39 Å². The highest BCUT2D eigenvalue weighted by molar-refractivity contribution is 5.95. The summed E-state index contributed by atoms with van der Waals surface area (Å²) in [7, 11) is 1.63. The van der Waals surface area contributed by atoms with E-state index < -0.39 is 11.8 Å². The summed E-state index contributed by atoms with van der Waals surface area (Å²) in [5.41, 5.74) is 12.0. The Hall–Kier alpha value is -3.31. The average Bonchev–Trinajstić information content (AvgIpc) is 3.73. The maximum Gasteiger partial charge on any atom is 0.255 e. The van der Waals surface area contributed by atoms with Gasteiger partial charge in [0, 0.05) is 63.0 Å². The fraction of sp³-hybridized carbons (Fsp3) is 0.556. The summed E-state index contributed by atoms with van der Waals surface area (Å²) in [5, 5.41) is 16.9. The van der Waals surface area contributed by atoms with Gasteiger partial charge in [-0.1, -0.05) is 0 Å². The smallest absolute Gasteiger partial charge is 0.255 e. The number of fused-ring (bicyclic) bond motifs is 2. The van der Waals surface area contributed by atoms with E-state index in [0.29, 0.717) is 31.1 Å². The number of pyridine rings is 1. The molecule has 2 saturated heterocycles. The van der Waals surface area contributed by atoms with Crippen molar-refractivity contribution in [2.24, 2.45) is 11.7 Å². The lowest BCUT2D eigenvalue weighted by molar-refractivity contribution is -0.152. The molecule has 10 heteroatoms. The van der Waals surface area contributed by atoms with Crippen molar-refractivity contribution in [3.8, 4) is 11.4 Å². The fourth-order valence-electron chi connectivity index (χ4n) is 7.59. The fourth-order valence-corrected chi connectivity index (χ4v) is 7.59. The van der Waals surface area contributed by atoms with Crippen LogP contribution in [-0.2, 0) is 11.3 Å². The van der Waals surface area contributed by atoms with Gasteiger partial charge in [0.2, 0.25) is 0 Å². The molecule has 1 aromatic carbocycles. The molecule has 0 bridgehead atoms. The van der Waals surface area contributed by atoms with Gasteiger partial charge in [0.1, 0.15) is 23.3 Å². The highest BCUT2D eigenvalue weighted by Crippen LogP contribution is 2.42. The van der Waals surface area contributed by atoms with Crippen LogP contribution in [0.3, 0.4) is 0 Å². The number of nitrogens with two attached hydrogens (primary N) is 1. The molecule has 3 aliphatic rings. The van der Waals surface area contributed by atoms with Crippen molar-refractivity contribution in [2.45, 2.75) is 89.6 Å². The van der Waals surface area contributed by atoms with Gasteiger partial charge in [0.05, 0.1) is 22.3 Å². The van der Waals surface area contributed by atoms with E-state index in [1.807, 2.05) is 41.6 Å². The standard InChI is InChI=1S/C36H47FN6O3/c1-22-30-10-9-25(34(44)41-13-5-6-28(38)21-41)20-43(30)39-32(22)31-17-26-16-27(37)18-29(33(26)42(31)19-23-7-8-23)24-11-14-40(15-12-24)35(45)36(2,3)46-4/h9-10,16-18,20,23-24,28,35,45H,5-8,11-15,19,21,38H2,1-4H3/t28-,35?/m1/s1. The third-order valence-corrected chi connectivity index (χ3v) is 10.7. The zero-order chi connectivity index (χ0) is 32.3. The van der Waals surface area contributed by atoms with Crippen molar-refractivity contribution in [1.82, 2.24) is 24.0 Å². The Balaban J connectivity index is 1.25. The number of piperidine rings is 2. The molecule has 0 radical (unpaired) electrons. The molecule has 0 spiro atoms. The molecule has 3 N–H and O–H groups in total. The monoisotopic (exact) mass is 630 g/mol. The molecule has 246 valence electrons. The quantitative estimate of drug-likeness (QED) is 0.274. The van der Waals surface area contributed by atoms with Crippen LogP contribution < -0.4 is 5.73 Å². The number of carbonyl (C=O) groups excluding carboxylic acids is 1. The second kappa shape index (κ2) is 12.0. The molecule has 46 heavy (non-hydrogen) atoms. The van der Waals surface area contributed by atoms with Crippen LogP contribution in [0.5, 0.6) is 0 Å². The Morgan fingerprint density at radius 3 is 2.59 bits per heavy atom. The van der Waals surface area contributed by atoms with E-state index in [2.05, 4.69) is 22.5 Å². The molecule has 5 heterocycles. The van der Waals surface area contributed by atoms with Crippen LogP contribution in [0, 0.1) is 18.7 Å². The second-order valence-electron chi connectivity index (χ2n) is 14.4. The Morgan fingerprint density at radius 1 is 1.13 bits per heavy atom. The summed E-state index contributed by atoms with van der Waals surface area (Å²) >= 11 is 0. The van der Waals surface area contributed by atoms with Crippen LogP contribution in [0.2, 0.25) is 0 Å². The van der Waals surface area contributed by atoms with Crippen molar-refractivity contribution in [3.05, 3.63) is 59.0 Å². The lowest BCUT2D eigenvalue weighted by Gasteiger charge is -2.41. The largest absolute Gasteiger partial charge is 0.375 e. The predicted octanol–water partition coefficient (Wildman–Crippen LogP) is 5.30. The van der Waals surface area contributed by atoms with Gasteiger partial charge in [0.25, 0.3) is 5.91 Å². The third-order valence-electron chi connectivity index (χ3n) is 10.7. The topological polar surface area (TPSA) is 101 Å². The summed E-state index contributed by atoms with van der Waals surface area (Å²) in [5.74, 6) is 0.525. The maximum atomic E-state index is 15.3. The molecule has 1 aliphatic carbocycles. The first-order valence-corrected chi connectivity index (χ1v) is 16.9. The summed E-state index contributed by atoms with van der Waals surface area (Å²) in [6.07, 6.45) is 7.02. The molecule has 1 amide bonds. The highest BCUT2D eigenvalue weighted by Gasteiger charge is 2.36. The number of hydrogen-bond acceptors (Lipinski definition) is 6. The Bertz CT molecular complexity index is 1770. The maximum absolute atomic E-state index is 15.3. The summed E-state index contributed by atoms with van der Waals surface area (Å²) in [4.78, 5) is 17.3. The first-order valence-electron chi connectivity index (χ1n) is 16.9. The third kappa shape index (κ3) is 5.74. The lowest BCUT2D eigenvalue weighted by atomic mass is 9.87. The Kier molecular flexibility index (Phi) is 8.20. The number of rotatable bonds is 8. The number of ether oxygens (including phenoxy) is 1. The SMILES string of the molecule is COC(C)(C)C(O)N1CCC(c2cc(F)cc3cc(-c4nn5cc(C(=O)N6CCC[C@@H](N)C6)ccc5c4C)n(CC4CC4)c23)CC1. The molecule has 1 saturated carbocycles. The normalized spacial score (nSPS) is 21.0. The zero-order valence-electron chi connectivity index (χ0n) is 27.5. The van der Waals surface area contributed by atoms with Crippen LogP contribution >= 0.6 is 0 Å². The van der Waals surface area contributed by atoms with Crippen LogP contribution in [-0.4, -0.2) is 86.2 Å². The van der Waals surface area contributed by atoms with Crippen molar-refractivity contribution in [2.75, 3.05) is 33.3 Å². The number of methoxy groups -OCH3 is 1. The van der Waals surface area contributed by atoms with Crippen molar-refractivity contribution >= 4 is 22.3 Å². The van der Waals surface area contributed by atoms with Gasteiger partial charge in [-0.2, -0.15) is 5.10 Å². The van der Waals surface area contributed by atoms with Gasteiger partial charge < -0.3 is 25.0 Å². The lowest BCUT2D eigenvalue weighted by Crippen LogP contribution is -2.52. The second-order valence-corrected chi connectivity index (χ2v) is 14.4.